The van der Waals surface area contributed by atoms with Crippen molar-refractivity contribution >= 4 is 28.9 Å². The van der Waals surface area contributed by atoms with Crippen LogP contribution in [0.3, 0.4) is 0 Å². The number of carbonyl (C=O) groups is 1. The molecule has 1 aliphatic rings. The Morgan fingerprint density at radius 1 is 1.11 bits per heavy atom. The molecule has 1 saturated heterocycles. The van der Waals surface area contributed by atoms with Crippen LogP contribution in [-0.4, -0.2) is 55.0 Å². The lowest BCUT2D eigenvalue weighted by Gasteiger charge is -2.36. The van der Waals surface area contributed by atoms with Gasteiger partial charge in [0.15, 0.2) is 0 Å². The first-order chi connectivity index (χ1) is 13.0. The average molecular weight is 389 g/mol. The molecule has 0 radical (unpaired) electrons. The van der Waals surface area contributed by atoms with Gasteiger partial charge in [0.2, 0.25) is 0 Å². The summed E-state index contributed by atoms with van der Waals surface area (Å²) in [5.41, 5.74) is 1.38. The van der Waals surface area contributed by atoms with E-state index in [4.69, 9.17) is 11.6 Å². The second-order valence-electron chi connectivity index (χ2n) is 6.37. The number of benzene rings is 2. The maximum atomic E-state index is 12.2. The smallest absolute Gasteiger partial charge is 0.270 e. The van der Waals surface area contributed by atoms with Gasteiger partial charge in [-0.1, -0.05) is 17.7 Å². The fraction of sp³-hybridized carbons (Fsp3) is 0.316. The zero-order valence-corrected chi connectivity index (χ0v) is 15.6. The number of carbonyl (C=O) groups excluding carboxylic acids is 1. The number of piperazine rings is 1. The van der Waals surface area contributed by atoms with Crippen molar-refractivity contribution in [2.75, 3.05) is 44.2 Å². The molecule has 7 nitrogen and oxygen atoms in total. The maximum absolute atomic E-state index is 12.2. The molecule has 0 unspecified atom stereocenters. The molecular weight excluding hydrogens is 368 g/mol. The zero-order valence-electron chi connectivity index (χ0n) is 14.8. The SMILES string of the molecule is O=C(NCCN1CCN(c2ccc(Cl)cc2)CC1)c1cccc([N+](=O)[O-])c1. The van der Waals surface area contributed by atoms with Crippen LogP contribution in [0.15, 0.2) is 48.5 Å². The van der Waals surface area contributed by atoms with Crippen molar-refractivity contribution in [3.05, 3.63) is 69.2 Å². The Kier molecular flexibility index (Phi) is 6.26. The van der Waals surface area contributed by atoms with Gasteiger partial charge in [-0.3, -0.25) is 19.8 Å². The van der Waals surface area contributed by atoms with Crippen LogP contribution in [0, 0.1) is 10.1 Å². The first-order valence-electron chi connectivity index (χ1n) is 8.78. The molecule has 0 saturated carbocycles. The van der Waals surface area contributed by atoms with Crippen molar-refractivity contribution in [2.45, 2.75) is 0 Å². The fourth-order valence-electron chi connectivity index (χ4n) is 3.07. The molecule has 2 aromatic carbocycles. The Labute approximate surface area is 162 Å². The third kappa shape index (κ3) is 5.18. The molecule has 0 bridgehead atoms. The number of anilines is 1. The Hall–Kier alpha value is -2.64. The van der Waals surface area contributed by atoms with E-state index in [-0.39, 0.29) is 11.6 Å². The van der Waals surface area contributed by atoms with Gasteiger partial charge in [-0.2, -0.15) is 0 Å². The van der Waals surface area contributed by atoms with Crippen LogP contribution >= 0.6 is 11.6 Å². The van der Waals surface area contributed by atoms with Crippen molar-refractivity contribution in [3.8, 4) is 0 Å². The number of nitrogens with zero attached hydrogens (tertiary/aromatic N) is 3. The maximum Gasteiger partial charge on any atom is 0.270 e. The molecule has 2 aromatic rings. The van der Waals surface area contributed by atoms with E-state index in [1.54, 1.807) is 6.07 Å². The molecule has 27 heavy (non-hydrogen) atoms. The Bertz CT molecular complexity index is 805. The molecule has 0 atom stereocenters. The van der Waals surface area contributed by atoms with E-state index in [1.807, 2.05) is 24.3 Å². The van der Waals surface area contributed by atoms with Gasteiger partial charge in [0, 0.05) is 67.7 Å². The summed E-state index contributed by atoms with van der Waals surface area (Å²) in [4.78, 5) is 27.1. The molecular formula is C19H21ClN4O3. The highest BCUT2D eigenvalue weighted by Crippen LogP contribution is 2.19. The summed E-state index contributed by atoms with van der Waals surface area (Å²) in [5.74, 6) is -0.293. The molecule has 1 fully saturated rings. The number of non-ortho nitro benzene ring substituents is 1. The number of nitro groups is 1. The van der Waals surface area contributed by atoms with E-state index in [0.717, 1.165) is 43.4 Å². The van der Waals surface area contributed by atoms with Crippen molar-refractivity contribution in [2.24, 2.45) is 0 Å². The van der Waals surface area contributed by atoms with Crippen LogP contribution in [0.2, 0.25) is 5.02 Å². The summed E-state index contributed by atoms with van der Waals surface area (Å²) in [7, 11) is 0. The molecule has 1 N–H and O–H groups in total. The topological polar surface area (TPSA) is 78.7 Å². The largest absolute Gasteiger partial charge is 0.369 e. The lowest BCUT2D eigenvalue weighted by Crippen LogP contribution is -2.48. The predicted octanol–water partition coefficient (Wildman–Crippen LogP) is 2.80. The highest BCUT2D eigenvalue weighted by molar-refractivity contribution is 6.30. The van der Waals surface area contributed by atoms with Crippen LogP contribution in [0.1, 0.15) is 10.4 Å². The average Bonchev–Trinajstić information content (AvgIpc) is 2.69. The molecule has 0 spiro atoms. The van der Waals surface area contributed by atoms with Crippen molar-refractivity contribution in [1.82, 2.24) is 10.2 Å². The number of nitro benzene ring substituents is 1. The molecule has 142 valence electrons. The third-order valence-corrected chi connectivity index (χ3v) is 4.85. The van der Waals surface area contributed by atoms with Gasteiger partial charge in [0.05, 0.1) is 4.92 Å². The summed E-state index contributed by atoms with van der Waals surface area (Å²) in [5, 5.41) is 14.4. The minimum absolute atomic E-state index is 0.0824. The number of hydrogen-bond donors (Lipinski definition) is 1. The third-order valence-electron chi connectivity index (χ3n) is 4.60. The molecule has 1 heterocycles. The highest BCUT2D eigenvalue weighted by atomic mass is 35.5. The Morgan fingerprint density at radius 2 is 1.81 bits per heavy atom. The van der Waals surface area contributed by atoms with Crippen LogP contribution in [-0.2, 0) is 0 Å². The van der Waals surface area contributed by atoms with Crippen LogP contribution in [0.5, 0.6) is 0 Å². The van der Waals surface area contributed by atoms with Crippen molar-refractivity contribution < 1.29 is 9.72 Å². The van der Waals surface area contributed by atoms with Gasteiger partial charge in [-0.25, -0.2) is 0 Å². The monoisotopic (exact) mass is 388 g/mol. The van der Waals surface area contributed by atoms with Crippen LogP contribution in [0.25, 0.3) is 0 Å². The second-order valence-corrected chi connectivity index (χ2v) is 6.80. The van der Waals surface area contributed by atoms with Gasteiger partial charge in [0.1, 0.15) is 0 Å². The standard InChI is InChI=1S/C19H21ClN4O3/c20-16-4-6-17(7-5-16)23-12-10-22(11-13-23)9-8-21-19(25)15-2-1-3-18(14-15)24(26)27/h1-7,14H,8-13H2,(H,21,25). The summed E-state index contributed by atoms with van der Waals surface area (Å²) < 4.78 is 0. The van der Waals surface area contributed by atoms with Crippen LogP contribution < -0.4 is 10.2 Å². The number of halogens is 1. The van der Waals surface area contributed by atoms with E-state index in [0.29, 0.717) is 12.1 Å². The first kappa shape index (κ1) is 19.1. The van der Waals surface area contributed by atoms with Crippen molar-refractivity contribution in [1.29, 1.82) is 0 Å². The number of amides is 1. The van der Waals surface area contributed by atoms with Gasteiger partial charge in [-0.15, -0.1) is 0 Å². The first-order valence-corrected chi connectivity index (χ1v) is 9.16. The van der Waals surface area contributed by atoms with Gasteiger partial charge in [-0.05, 0) is 30.3 Å². The number of rotatable bonds is 6. The van der Waals surface area contributed by atoms with E-state index in [9.17, 15) is 14.9 Å². The van der Waals surface area contributed by atoms with E-state index >= 15 is 0 Å². The van der Waals surface area contributed by atoms with E-state index in [1.165, 1.54) is 18.2 Å². The van der Waals surface area contributed by atoms with Crippen LogP contribution in [0.4, 0.5) is 11.4 Å². The normalized spacial score (nSPS) is 14.8. The molecule has 0 aliphatic carbocycles. The molecule has 0 aromatic heterocycles. The van der Waals surface area contributed by atoms with Gasteiger partial charge in [0.25, 0.3) is 11.6 Å². The number of hydrogen-bond acceptors (Lipinski definition) is 5. The van der Waals surface area contributed by atoms with E-state index in [2.05, 4.69) is 15.1 Å². The van der Waals surface area contributed by atoms with Crippen molar-refractivity contribution in [3.63, 3.8) is 0 Å². The second kappa shape index (κ2) is 8.83. The fourth-order valence-corrected chi connectivity index (χ4v) is 3.20. The zero-order chi connectivity index (χ0) is 19.2. The van der Waals surface area contributed by atoms with Gasteiger partial charge < -0.3 is 10.2 Å². The minimum atomic E-state index is -0.503. The summed E-state index contributed by atoms with van der Waals surface area (Å²) in [6, 6.07) is 13.6. The quantitative estimate of drug-likeness (QED) is 0.608. The Morgan fingerprint density at radius 3 is 2.48 bits per heavy atom. The van der Waals surface area contributed by atoms with E-state index < -0.39 is 4.92 Å². The summed E-state index contributed by atoms with van der Waals surface area (Å²) in [6.07, 6.45) is 0. The molecule has 1 aliphatic heterocycles. The number of nitrogens with one attached hydrogen (secondary N) is 1. The Balaban J connectivity index is 1.42. The van der Waals surface area contributed by atoms with Gasteiger partial charge >= 0.3 is 0 Å². The lowest BCUT2D eigenvalue weighted by atomic mass is 10.2. The minimum Gasteiger partial charge on any atom is -0.369 e. The highest BCUT2D eigenvalue weighted by Gasteiger charge is 2.17. The molecule has 3 rings (SSSR count). The summed E-state index contributed by atoms with van der Waals surface area (Å²) in [6.45, 7) is 4.91. The lowest BCUT2D eigenvalue weighted by molar-refractivity contribution is -0.384. The molecule has 1 amide bonds. The summed E-state index contributed by atoms with van der Waals surface area (Å²) >= 11 is 5.93. The predicted molar refractivity (Wildman–Crippen MR) is 106 cm³/mol. The molecule has 8 heteroatoms.